The summed E-state index contributed by atoms with van der Waals surface area (Å²) in [6.45, 7) is 6.16. The van der Waals surface area contributed by atoms with Crippen molar-refractivity contribution in [3.05, 3.63) is 82.6 Å². The third kappa shape index (κ3) is 5.10. The van der Waals surface area contributed by atoms with Crippen LogP contribution >= 0.6 is 0 Å². The maximum absolute atomic E-state index is 13.0. The van der Waals surface area contributed by atoms with Gasteiger partial charge in [0.15, 0.2) is 0 Å². The van der Waals surface area contributed by atoms with Gasteiger partial charge in [0.2, 0.25) is 0 Å². The van der Waals surface area contributed by atoms with Gasteiger partial charge in [0, 0.05) is 18.3 Å². The highest BCUT2D eigenvalue weighted by atomic mass is 19.1. The second kappa shape index (κ2) is 7.95. The Labute approximate surface area is 157 Å². The molecule has 0 atom stereocenters. The van der Waals surface area contributed by atoms with E-state index in [1.807, 2.05) is 32.0 Å². The topological polar surface area (TPSA) is 66.9 Å². The summed E-state index contributed by atoms with van der Waals surface area (Å²) in [6.07, 6.45) is 0. The van der Waals surface area contributed by atoms with Gasteiger partial charge in [-0.15, -0.1) is 0 Å². The molecule has 3 aromatic rings. The highest BCUT2D eigenvalue weighted by Crippen LogP contribution is 2.16. The van der Waals surface area contributed by atoms with E-state index in [1.54, 1.807) is 25.1 Å². The summed E-state index contributed by atoms with van der Waals surface area (Å²) in [6, 6.07) is 13.7. The van der Waals surface area contributed by atoms with E-state index < -0.39 is 0 Å². The van der Waals surface area contributed by atoms with Crippen molar-refractivity contribution in [2.45, 2.75) is 27.3 Å². The minimum atomic E-state index is -0.296. The predicted molar refractivity (Wildman–Crippen MR) is 104 cm³/mol. The molecule has 0 radical (unpaired) electrons. The van der Waals surface area contributed by atoms with E-state index in [2.05, 4.69) is 20.6 Å². The molecule has 3 rings (SSSR count). The van der Waals surface area contributed by atoms with Gasteiger partial charge in [0.1, 0.15) is 23.2 Å². The van der Waals surface area contributed by atoms with Gasteiger partial charge in [0.05, 0.1) is 0 Å². The van der Waals surface area contributed by atoms with Crippen molar-refractivity contribution in [1.29, 1.82) is 0 Å². The second-order valence-electron chi connectivity index (χ2n) is 6.50. The van der Waals surface area contributed by atoms with Crippen molar-refractivity contribution in [3.63, 3.8) is 0 Å². The summed E-state index contributed by atoms with van der Waals surface area (Å²) in [5, 5.41) is 6.02. The highest BCUT2D eigenvalue weighted by molar-refractivity contribution is 6.03. The number of hydrogen-bond donors (Lipinski definition) is 2. The van der Waals surface area contributed by atoms with Crippen molar-refractivity contribution < 1.29 is 9.18 Å². The minimum absolute atomic E-state index is 0.276. The van der Waals surface area contributed by atoms with Gasteiger partial charge in [-0.05, 0) is 61.7 Å². The Morgan fingerprint density at radius 1 is 0.963 bits per heavy atom. The molecule has 1 amide bonds. The van der Waals surface area contributed by atoms with Gasteiger partial charge in [0.25, 0.3) is 5.91 Å². The molecule has 0 aliphatic heterocycles. The molecule has 0 bridgehead atoms. The molecule has 0 saturated carbocycles. The highest BCUT2D eigenvalue weighted by Gasteiger charge is 2.11. The number of carbonyl (C=O) groups excluding carboxylic acids is 1. The number of amides is 1. The first-order valence-electron chi connectivity index (χ1n) is 8.63. The molecule has 1 aromatic heterocycles. The molecule has 1 heterocycles. The Hall–Kier alpha value is -3.28. The van der Waals surface area contributed by atoms with Crippen LogP contribution in [-0.4, -0.2) is 15.9 Å². The molecule has 2 aromatic carbocycles. The Morgan fingerprint density at radius 2 is 1.63 bits per heavy atom. The smallest absolute Gasteiger partial charge is 0.274 e. The van der Waals surface area contributed by atoms with Gasteiger partial charge in [-0.25, -0.2) is 14.4 Å². The number of halogens is 1. The van der Waals surface area contributed by atoms with Crippen molar-refractivity contribution in [3.8, 4) is 0 Å². The lowest BCUT2D eigenvalue weighted by Gasteiger charge is -2.10. The van der Waals surface area contributed by atoms with Crippen LogP contribution < -0.4 is 10.6 Å². The second-order valence-corrected chi connectivity index (χ2v) is 6.50. The van der Waals surface area contributed by atoms with Crippen LogP contribution in [0.1, 0.15) is 33.0 Å². The van der Waals surface area contributed by atoms with Crippen molar-refractivity contribution in [2.75, 3.05) is 10.6 Å². The summed E-state index contributed by atoms with van der Waals surface area (Å²) in [7, 11) is 0. The minimum Gasteiger partial charge on any atom is -0.366 e. The molecule has 0 unspecified atom stereocenters. The molecule has 0 fully saturated rings. The van der Waals surface area contributed by atoms with Crippen molar-refractivity contribution >= 4 is 17.4 Å². The summed E-state index contributed by atoms with van der Waals surface area (Å²) in [5.74, 6) is 0.458. The quantitative estimate of drug-likeness (QED) is 0.704. The van der Waals surface area contributed by atoms with Crippen LogP contribution in [0.3, 0.4) is 0 Å². The number of hydrogen-bond acceptors (Lipinski definition) is 4. The number of rotatable bonds is 5. The number of nitrogens with zero attached hydrogens (tertiary/aromatic N) is 2. The van der Waals surface area contributed by atoms with Gasteiger partial charge >= 0.3 is 0 Å². The number of aromatic nitrogens is 2. The summed E-state index contributed by atoms with van der Waals surface area (Å²) in [4.78, 5) is 21.1. The molecule has 5 nitrogen and oxygen atoms in total. The van der Waals surface area contributed by atoms with E-state index >= 15 is 0 Å². The van der Waals surface area contributed by atoms with Gasteiger partial charge in [-0.2, -0.15) is 0 Å². The summed E-state index contributed by atoms with van der Waals surface area (Å²) in [5.41, 5.74) is 4.07. The van der Waals surface area contributed by atoms with Gasteiger partial charge in [-0.1, -0.05) is 18.2 Å². The molecule has 0 aliphatic rings. The third-order valence-corrected chi connectivity index (χ3v) is 3.94. The lowest BCUT2D eigenvalue weighted by atomic mass is 10.1. The first kappa shape index (κ1) is 18.5. The zero-order valence-electron chi connectivity index (χ0n) is 15.5. The Kier molecular flexibility index (Phi) is 5.45. The van der Waals surface area contributed by atoms with Crippen LogP contribution in [0, 0.1) is 26.6 Å². The molecule has 2 N–H and O–H groups in total. The van der Waals surface area contributed by atoms with Crippen LogP contribution in [0.2, 0.25) is 0 Å². The fourth-order valence-corrected chi connectivity index (χ4v) is 2.81. The number of nitrogens with one attached hydrogen (secondary N) is 2. The van der Waals surface area contributed by atoms with E-state index in [-0.39, 0.29) is 17.4 Å². The molecule has 0 aliphatic carbocycles. The summed E-state index contributed by atoms with van der Waals surface area (Å²) >= 11 is 0. The molecule has 0 spiro atoms. The van der Waals surface area contributed by atoms with Gasteiger partial charge in [-0.3, -0.25) is 4.79 Å². The number of benzene rings is 2. The van der Waals surface area contributed by atoms with Crippen molar-refractivity contribution in [2.24, 2.45) is 0 Å². The molecular formula is C21H21FN4O. The number of anilines is 2. The number of carbonyl (C=O) groups is 1. The fraction of sp³-hybridized carbons (Fsp3) is 0.190. The number of aryl methyl sites for hydroxylation is 3. The zero-order chi connectivity index (χ0) is 19.4. The Bertz CT molecular complexity index is 950. The van der Waals surface area contributed by atoms with E-state index in [0.717, 1.165) is 22.4 Å². The van der Waals surface area contributed by atoms with Crippen LogP contribution in [0.25, 0.3) is 0 Å². The molecule has 6 heteroatoms. The SMILES string of the molecule is Cc1cc(C)cc(NC(=O)c2cc(NCc3ccc(F)cc3)nc(C)n2)c1. The third-order valence-electron chi connectivity index (χ3n) is 3.94. The first-order valence-corrected chi connectivity index (χ1v) is 8.63. The average Bonchev–Trinajstić information content (AvgIpc) is 2.60. The van der Waals surface area contributed by atoms with Crippen LogP contribution in [0.15, 0.2) is 48.5 Å². The van der Waals surface area contributed by atoms with Crippen LogP contribution in [0.4, 0.5) is 15.9 Å². The monoisotopic (exact) mass is 364 g/mol. The van der Waals surface area contributed by atoms with Crippen molar-refractivity contribution in [1.82, 2.24) is 9.97 Å². The maximum atomic E-state index is 13.0. The lowest BCUT2D eigenvalue weighted by Crippen LogP contribution is -2.16. The molecule has 0 saturated heterocycles. The van der Waals surface area contributed by atoms with E-state index in [0.29, 0.717) is 18.2 Å². The molecule has 27 heavy (non-hydrogen) atoms. The zero-order valence-corrected chi connectivity index (χ0v) is 15.5. The normalized spacial score (nSPS) is 10.5. The Morgan fingerprint density at radius 3 is 2.30 bits per heavy atom. The van der Waals surface area contributed by atoms with E-state index in [1.165, 1.54) is 12.1 Å². The van der Waals surface area contributed by atoms with E-state index in [4.69, 9.17) is 0 Å². The maximum Gasteiger partial charge on any atom is 0.274 e. The fourth-order valence-electron chi connectivity index (χ4n) is 2.81. The first-order chi connectivity index (χ1) is 12.9. The average molecular weight is 364 g/mol. The van der Waals surface area contributed by atoms with E-state index in [9.17, 15) is 9.18 Å². The Balaban J connectivity index is 1.73. The molecular weight excluding hydrogens is 343 g/mol. The lowest BCUT2D eigenvalue weighted by molar-refractivity contribution is 0.102. The van der Waals surface area contributed by atoms with Crippen LogP contribution in [0.5, 0.6) is 0 Å². The summed E-state index contributed by atoms with van der Waals surface area (Å²) < 4.78 is 13.0. The van der Waals surface area contributed by atoms with Crippen LogP contribution in [-0.2, 0) is 6.54 Å². The standard InChI is InChI=1S/C21H21FN4O/c1-13-8-14(2)10-18(9-13)26-21(27)19-11-20(25-15(3)24-19)23-12-16-4-6-17(22)7-5-16/h4-11H,12H2,1-3H3,(H,26,27)(H,23,24,25). The largest absolute Gasteiger partial charge is 0.366 e. The predicted octanol–water partition coefficient (Wildman–Crippen LogP) is 4.41. The van der Waals surface area contributed by atoms with Gasteiger partial charge < -0.3 is 10.6 Å². The molecule has 138 valence electrons.